The lowest BCUT2D eigenvalue weighted by Crippen LogP contribution is -2.24. The number of anilines is 1. The van der Waals surface area contributed by atoms with E-state index in [1.54, 1.807) is 19.1 Å². The molecule has 0 fully saturated rings. The van der Waals surface area contributed by atoms with E-state index < -0.39 is 18.4 Å². The monoisotopic (exact) mass is 247 g/mol. The Balaban J connectivity index is 2.52. The molecule has 6 heteroatoms. The first kappa shape index (κ1) is 13.3. The molecule has 0 aromatic heterocycles. The van der Waals surface area contributed by atoms with Crippen molar-refractivity contribution in [3.8, 4) is 5.75 Å². The quantitative estimate of drug-likeness (QED) is 0.804. The van der Waals surface area contributed by atoms with Gasteiger partial charge in [0.15, 0.2) is 0 Å². The molecule has 1 rings (SSSR count). The predicted molar refractivity (Wildman–Crippen MR) is 57.0 cm³/mol. The molecule has 17 heavy (non-hydrogen) atoms. The smallest absolute Gasteiger partial charge is 0.450 e. The summed E-state index contributed by atoms with van der Waals surface area (Å²) in [6.07, 6.45) is -5.45. The van der Waals surface area contributed by atoms with Gasteiger partial charge < -0.3 is 10.4 Å². The summed E-state index contributed by atoms with van der Waals surface area (Å²) in [6.45, 7) is 1.61. The van der Waals surface area contributed by atoms with Crippen molar-refractivity contribution in [2.24, 2.45) is 0 Å². The van der Waals surface area contributed by atoms with E-state index in [1.165, 1.54) is 6.07 Å². The van der Waals surface area contributed by atoms with Crippen molar-refractivity contribution in [3.05, 3.63) is 23.8 Å². The van der Waals surface area contributed by atoms with E-state index in [0.717, 1.165) is 5.56 Å². The molecule has 94 valence electrons. The van der Waals surface area contributed by atoms with Gasteiger partial charge in [0.25, 0.3) is 0 Å². The van der Waals surface area contributed by atoms with Crippen molar-refractivity contribution in [3.63, 3.8) is 0 Å². The largest absolute Gasteiger partial charge is 0.506 e. The summed E-state index contributed by atoms with van der Waals surface area (Å²) in [5, 5.41) is 12.0. The van der Waals surface area contributed by atoms with Gasteiger partial charge in [-0.1, -0.05) is 6.07 Å². The number of hydrogen-bond donors (Lipinski definition) is 2. The Morgan fingerprint density at radius 1 is 1.41 bits per heavy atom. The van der Waals surface area contributed by atoms with Gasteiger partial charge in [0.05, 0.1) is 5.69 Å². The van der Waals surface area contributed by atoms with E-state index in [2.05, 4.69) is 5.32 Å². The highest BCUT2D eigenvalue weighted by molar-refractivity contribution is 5.84. The number of rotatable bonds is 4. The summed E-state index contributed by atoms with van der Waals surface area (Å²) in [4.78, 5) is 10.6. The molecular weight excluding hydrogens is 235 g/mol. The Morgan fingerprint density at radius 2 is 2.06 bits per heavy atom. The van der Waals surface area contributed by atoms with E-state index in [9.17, 15) is 23.1 Å². The number of carbonyl (C=O) groups is 1. The zero-order valence-corrected chi connectivity index (χ0v) is 9.14. The third-order valence-electron chi connectivity index (χ3n) is 2.14. The van der Waals surface area contributed by atoms with Crippen LogP contribution in [0.2, 0.25) is 0 Å². The van der Waals surface area contributed by atoms with Crippen LogP contribution in [-0.4, -0.2) is 23.6 Å². The highest BCUT2D eigenvalue weighted by atomic mass is 19.4. The lowest BCUT2D eigenvalue weighted by molar-refractivity contribution is -0.170. The fourth-order valence-corrected chi connectivity index (χ4v) is 1.24. The molecule has 0 aliphatic rings. The predicted octanol–water partition coefficient (Wildman–Crippen LogP) is 2.63. The number of halogens is 3. The van der Waals surface area contributed by atoms with Crippen LogP contribution in [0.25, 0.3) is 0 Å². The Labute approximate surface area is 96.3 Å². The molecule has 0 saturated carbocycles. The van der Waals surface area contributed by atoms with Crippen molar-refractivity contribution in [2.75, 3.05) is 11.9 Å². The standard InChI is InChI=1S/C11H12F3NO2/c1-7-2-3-9(16)8(6-7)15-5-4-10(17)11(12,13)14/h2-3,6,15-16H,4-5H2,1H3. The maximum atomic E-state index is 11.9. The second kappa shape index (κ2) is 5.07. The zero-order chi connectivity index (χ0) is 13.1. The number of phenolic OH excluding ortho intramolecular Hbond substituents is 1. The Hall–Kier alpha value is -1.72. The summed E-state index contributed by atoms with van der Waals surface area (Å²) in [5.74, 6) is -1.84. The van der Waals surface area contributed by atoms with E-state index in [0.29, 0.717) is 5.69 Å². The van der Waals surface area contributed by atoms with Crippen LogP contribution in [0.3, 0.4) is 0 Å². The number of benzene rings is 1. The van der Waals surface area contributed by atoms with Crippen molar-refractivity contribution in [1.82, 2.24) is 0 Å². The molecule has 0 radical (unpaired) electrons. The van der Waals surface area contributed by atoms with Crippen LogP contribution in [-0.2, 0) is 4.79 Å². The summed E-state index contributed by atoms with van der Waals surface area (Å²) < 4.78 is 35.7. The topological polar surface area (TPSA) is 49.3 Å². The van der Waals surface area contributed by atoms with Gasteiger partial charge in [-0.15, -0.1) is 0 Å². The third kappa shape index (κ3) is 3.97. The number of hydrogen-bond acceptors (Lipinski definition) is 3. The molecule has 0 aliphatic carbocycles. The number of phenols is 1. The SMILES string of the molecule is Cc1ccc(O)c(NCCC(=O)C(F)(F)F)c1. The first-order valence-electron chi connectivity index (χ1n) is 4.94. The molecule has 0 unspecified atom stereocenters. The summed E-state index contributed by atoms with van der Waals surface area (Å²) >= 11 is 0. The second-order valence-electron chi connectivity index (χ2n) is 3.62. The normalized spacial score (nSPS) is 11.3. The van der Waals surface area contributed by atoms with Gasteiger partial charge >= 0.3 is 6.18 Å². The maximum Gasteiger partial charge on any atom is 0.450 e. The highest BCUT2D eigenvalue weighted by Crippen LogP contribution is 2.24. The van der Waals surface area contributed by atoms with Crippen LogP contribution < -0.4 is 5.32 Å². The van der Waals surface area contributed by atoms with Gasteiger partial charge in [0, 0.05) is 13.0 Å². The lowest BCUT2D eigenvalue weighted by Gasteiger charge is -2.09. The minimum atomic E-state index is -4.80. The third-order valence-corrected chi connectivity index (χ3v) is 2.14. The number of alkyl halides is 3. The average molecular weight is 247 g/mol. The van der Waals surface area contributed by atoms with E-state index in [1.807, 2.05) is 0 Å². The highest BCUT2D eigenvalue weighted by Gasteiger charge is 2.37. The van der Waals surface area contributed by atoms with Crippen LogP contribution in [0.4, 0.5) is 18.9 Å². The molecule has 1 aromatic rings. The van der Waals surface area contributed by atoms with Crippen molar-refractivity contribution in [1.29, 1.82) is 0 Å². The zero-order valence-electron chi connectivity index (χ0n) is 9.14. The molecule has 0 aliphatic heterocycles. The van der Waals surface area contributed by atoms with Gasteiger partial charge in [0.2, 0.25) is 5.78 Å². The molecule has 0 amide bonds. The van der Waals surface area contributed by atoms with Crippen LogP contribution in [0, 0.1) is 6.92 Å². The van der Waals surface area contributed by atoms with Crippen LogP contribution in [0.5, 0.6) is 5.75 Å². The molecule has 0 bridgehead atoms. The van der Waals surface area contributed by atoms with Gasteiger partial charge in [0.1, 0.15) is 5.75 Å². The second-order valence-corrected chi connectivity index (χ2v) is 3.62. The minimum Gasteiger partial charge on any atom is -0.506 e. The molecule has 0 heterocycles. The van der Waals surface area contributed by atoms with E-state index >= 15 is 0 Å². The number of aryl methyl sites for hydroxylation is 1. The average Bonchev–Trinajstić information content (AvgIpc) is 2.21. The van der Waals surface area contributed by atoms with Gasteiger partial charge in [-0.3, -0.25) is 4.79 Å². The number of carbonyl (C=O) groups excluding carboxylic acids is 1. The van der Waals surface area contributed by atoms with Crippen molar-refractivity contribution >= 4 is 11.5 Å². The summed E-state index contributed by atoms with van der Waals surface area (Å²) in [6, 6.07) is 4.69. The molecular formula is C11H12F3NO2. The summed E-state index contributed by atoms with van der Waals surface area (Å²) in [7, 11) is 0. The number of nitrogens with one attached hydrogen (secondary N) is 1. The lowest BCUT2D eigenvalue weighted by atomic mass is 10.2. The fraction of sp³-hybridized carbons (Fsp3) is 0.364. The van der Waals surface area contributed by atoms with Gasteiger partial charge in [-0.05, 0) is 24.6 Å². The molecule has 2 N–H and O–H groups in total. The summed E-state index contributed by atoms with van der Waals surface area (Å²) in [5.41, 5.74) is 1.17. The first-order chi connectivity index (χ1) is 7.80. The molecule has 0 atom stereocenters. The molecule has 0 saturated heterocycles. The van der Waals surface area contributed by atoms with Crippen molar-refractivity contribution < 1.29 is 23.1 Å². The number of ketones is 1. The van der Waals surface area contributed by atoms with Crippen LogP contribution in [0.1, 0.15) is 12.0 Å². The number of Topliss-reactive ketones (excluding diaryl/α,β-unsaturated/α-hetero) is 1. The van der Waals surface area contributed by atoms with Gasteiger partial charge in [-0.2, -0.15) is 13.2 Å². The Kier molecular flexibility index (Phi) is 3.98. The van der Waals surface area contributed by atoms with Crippen molar-refractivity contribution in [2.45, 2.75) is 19.5 Å². The van der Waals surface area contributed by atoms with Crippen LogP contribution >= 0.6 is 0 Å². The van der Waals surface area contributed by atoms with E-state index in [-0.39, 0.29) is 12.3 Å². The molecule has 3 nitrogen and oxygen atoms in total. The number of aromatic hydroxyl groups is 1. The molecule has 1 aromatic carbocycles. The Bertz CT molecular complexity index is 416. The fourth-order valence-electron chi connectivity index (χ4n) is 1.24. The van der Waals surface area contributed by atoms with E-state index in [4.69, 9.17) is 0 Å². The first-order valence-corrected chi connectivity index (χ1v) is 4.94. The maximum absolute atomic E-state index is 11.9. The van der Waals surface area contributed by atoms with Gasteiger partial charge in [-0.25, -0.2) is 0 Å². The van der Waals surface area contributed by atoms with Crippen LogP contribution in [0.15, 0.2) is 18.2 Å². The Morgan fingerprint density at radius 3 is 2.65 bits per heavy atom. The molecule has 0 spiro atoms. The minimum absolute atomic E-state index is 0.0601.